The Labute approximate surface area is 166 Å². The average molecular weight is 440 g/mol. The van der Waals surface area contributed by atoms with E-state index < -0.39 is 42.2 Å². The van der Waals surface area contributed by atoms with E-state index in [1.807, 2.05) is 0 Å². The molecule has 0 unspecified atom stereocenters. The highest BCUT2D eigenvalue weighted by atomic mass is 32.3. The molecule has 0 saturated heterocycles. The van der Waals surface area contributed by atoms with Crippen LogP contribution in [-0.4, -0.2) is 36.8 Å². The van der Waals surface area contributed by atoms with Crippen molar-refractivity contribution in [3.63, 3.8) is 0 Å². The van der Waals surface area contributed by atoms with Crippen LogP contribution in [0.4, 0.5) is 11.4 Å². The number of nitrogens with zero attached hydrogens (tertiary/aromatic N) is 2. The van der Waals surface area contributed by atoms with Crippen molar-refractivity contribution in [3.8, 4) is 11.5 Å². The maximum absolute atomic E-state index is 11.8. The van der Waals surface area contributed by atoms with Crippen LogP contribution in [0.15, 0.2) is 62.5 Å². The third kappa shape index (κ3) is 4.17. The minimum absolute atomic E-state index is 0.000610. The van der Waals surface area contributed by atoms with E-state index in [0.717, 1.165) is 6.07 Å². The number of aromatic hydroxyl groups is 2. The number of fused-ring (bicyclic) bond motifs is 1. The second-order valence-corrected chi connectivity index (χ2v) is 8.98. The first-order chi connectivity index (χ1) is 13.4. The Hall–Kier alpha value is -2.74. The molecule has 3 aromatic carbocycles. The van der Waals surface area contributed by atoms with Crippen LogP contribution in [0.1, 0.15) is 5.56 Å². The van der Waals surface area contributed by atoms with Crippen LogP contribution in [-0.2, 0) is 10.1 Å². The van der Waals surface area contributed by atoms with Crippen LogP contribution >= 0.6 is 10.9 Å². The maximum atomic E-state index is 11.8. The van der Waals surface area contributed by atoms with Gasteiger partial charge in [-0.3, -0.25) is 4.55 Å². The van der Waals surface area contributed by atoms with Gasteiger partial charge in [0.2, 0.25) is 0 Å². The summed E-state index contributed by atoms with van der Waals surface area (Å²) < 4.78 is 62.4. The lowest BCUT2D eigenvalue weighted by atomic mass is 10.1. The molecule has 29 heavy (non-hydrogen) atoms. The maximum Gasteiger partial charge on any atom is 0.296 e. The van der Waals surface area contributed by atoms with Gasteiger partial charge in [0.25, 0.3) is 10.1 Å². The fraction of sp³-hybridized carbons (Fsp3) is 0.0588. The summed E-state index contributed by atoms with van der Waals surface area (Å²) in [4.78, 5) is -1.25. The van der Waals surface area contributed by atoms with Gasteiger partial charge in [-0.1, -0.05) is 18.2 Å². The van der Waals surface area contributed by atoms with Crippen molar-refractivity contribution >= 4 is 43.1 Å². The Balaban J connectivity index is 2.40. The van der Waals surface area contributed by atoms with Gasteiger partial charge in [0.05, 0.1) is 4.90 Å². The molecule has 3 aromatic rings. The normalized spacial score (nSPS) is 13.3. The summed E-state index contributed by atoms with van der Waals surface area (Å²) in [5.41, 5.74) is -0.341. The molecule has 0 aliphatic heterocycles. The van der Waals surface area contributed by atoms with Crippen molar-refractivity contribution in [2.75, 3.05) is 0 Å². The first kappa shape index (κ1) is 21.0. The minimum atomic E-state index is -4.88. The second kappa shape index (κ2) is 7.26. The fourth-order valence-electron chi connectivity index (χ4n) is 2.75. The summed E-state index contributed by atoms with van der Waals surface area (Å²) in [7, 11) is -9.18. The third-order valence-corrected chi connectivity index (χ3v) is 5.75. The predicted molar refractivity (Wildman–Crippen MR) is 106 cm³/mol. The Kier molecular flexibility index (Phi) is 5.25. The molecule has 0 radical (unpaired) electrons. The average Bonchev–Trinajstić information content (AvgIpc) is 2.59. The summed E-state index contributed by atoms with van der Waals surface area (Å²) in [6.45, 7) is 1.55. The molecule has 0 atom stereocenters. The summed E-state index contributed by atoms with van der Waals surface area (Å²) in [5.74, 6) is -1.14. The van der Waals surface area contributed by atoms with Gasteiger partial charge in [-0.2, -0.15) is 8.42 Å². The molecule has 3 rings (SSSR count). The smallest absolute Gasteiger partial charge is 0.296 e. The first-order valence-electron chi connectivity index (χ1n) is 7.88. The largest absolute Gasteiger partial charge is 0.506 e. The van der Waals surface area contributed by atoms with Gasteiger partial charge in [0, 0.05) is 5.39 Å². The lowest BCUT2D eigenvalue weighted by Crippen LogP contribution is -2.02. The monoisotopic (exact) mass is 440 g/mol. The Morgan fingerprint density at radius 2 is 1.52 bits per heavy atom. The van der Waals surface area contributed by atoms with E-state index in [2.05, 4.69) is 10.2 Å². The molecular formula is C17H16N2O8S2. The number of hydrogen-bond donors (Lipinski definition) is 6. The molecule has 0 aliphatic carbocycles. The molecule has 10 nitrogen and oxygen atoms in total. The summed E-state index contributed by atoms with van der Waals surface area (Å²) >= 11 is 0. The van der Waals surface area contributed by atoms with Crippen LogP contribution in [0.5, 0.6) is 11.5 Å². The molecule has 12 heteroatoms. The van der Waals surface area contributed by atoms with E-state index in [-0.39, 0.29) is 22.2 Å². The van der Waals surface area contributed by atoms with Crippen LogP contribution in [0.25, 0.3) is 10.8 Å². The zero-order valence-electron chi connectivity index (χ0n) is 14.8. The van der Waals surface area contributed by atoms with Crippen LogP contribution in [0.2, 0.25) is 0 Å². The molecule has 154 valence electrons. The molecule has 0 bridgehead atoms. The van der Waals surface area contributed by atoms with Crippen molar-refractivity contribution < 1.29 is 36.8 Å². The van der Waals surface area contributed by atoms with Crippen molar-refractivity contribution in [2.45, 2.75) is 16.7 Å². The molecule has 6 N–H and O–H groups in total. The van der Waals surface area contributed by atoms with Gasteiger partial charge in [-0.05, 0) is 42.1 Å². The zero-order chi connectivity index (χ0) is 21.6. The lowest BCUT2D eigenvalue weighted by Gasteiger charge is -2.23. The Bertz CT molecular complexity index is 1250. The van der Waals surface area contributed by atoms with Gasteiger partial charge in [0.15, 0.2) is 5.75 Å². The number of benzene rings is 3. The van der Waals surface area contributed by atoms with E-state index in [1.165, 1.54) is 36.4 Å². The van der Waals surface area contributed by atoms with Gasteiger partial charge in [-0.25, -0.2) is 0 Å². The molecule has 0 aromatic heterocycles. The standard InChI is InChI=1S/C17H16N2O8S2/c1-9-6-10-8-14(29(25,26)27)16(19-18-11-4-2-3-5-12(11)20)17(21)15(10)13(7-9)28(22,23)24/h2-8,20-24H,1H3,(H,25,26,27). The fourth-order valence-corrected chi connectivity index (χ4v) is 4.24. The first-order valence-corrected chi connectivity index (χ1v) is 10.8. The van der Waals surface area contributed by atoms with Gasteiger partial charge in [-0.15, -0.1) is 10.2 Å². The van der Waals surface area contributed by atoms with Crippen molar-refractivity contribution in [1.29, 1.82) is 0 Å². The molecular weight excluding hydrogens is 424 g/mol. The Morgan fingerprint density at radius 1 is 0.862 bits per heavy atom. The molecule has 0 amide bonds. The van der Waals surface area contributed by atoms with Crippen LogP contribution in [0.3, 0.4) is 0 Å². The molecule has 0 aliphatic rings. The molecule has 0 heterocycles. The predicted octanol–water partition coefficient (Wildman–Crippen LogP) is 4.80. The number of para-hydroxylation sites is 1. The van der Waals surface area contributed by atoms with E-state index in [9.17, 15) is 36.8 Å². The van der Waals surface area contributed by atoms with Crippen molar-refractivity contribution in [1.82, 2.24) is 0 Å². The zero-order valence-corrected chi connectivity index (χ0v) is 16.4. The van der Waals surface area contributed by atoms with Gasteiger partial charge in [0.1, 0.15) is 32.9 Å². The minimum Gasteiger partial charge on any atom is -0.506 e. The van der Waals surface area contributed by atoms with E-state index in [0.29, 0.717) is 5.56 Å². The third-order valence-electron chi connectivity index (χ3n) is 3.97. The quantitative estimate of drug-likeness (QED) is 0.247. The summed E-state index contributed by atoms with van der Waals surface area (Å²) in [6.07, 6.45) is 0. The topological polar surface area (TPSA) is 180 Å². The van der Waals surface area contributed by atoms with Crippen LogP contribution < -0.4 is 0 Å². The highest BCUT2D eigenvalue weighted by molar-refractivity contribution is 8.19. The van der Waals surface area contributed by atoms with Gasteiger partial charge < -0.3 is 23.9 Å². The SMILES string of the molecule is Cc1cc(S(O)(O)O)c2c(O)c(N=Nc3ccccc3O)c(S(=O)(=O)O)cc2c1. The summed E-state index contributed by atoms with van der Waals surface area (Å²) in [6, 6.07) is 9.28. The number of hydrogen-bond acceptors (Lipinski definition) is 9. The van der Waals surface area contributed by atoms with Crippen LogP contribution in [0, 0.1) is 6.92 Å². The molecule has 0 spiro atoms. The van der Waals surface area contributed by atoms with E-state index >= 15 is 0 Å². The van der Waals surface area contributed by atoms with Crippen molar-refractivity contribution in [3.05, 3.63) is 48.0 Å². The van der Waals surface area contributed by atoms with Gasteiger partial charge >= 0.3 is 0 Å². The van der Waals surface area contributed by atoms with Crippen molar-refractivity contribution in [2.24, 2.45) is 10.2 Å². The highest BCUT2D eigenvalue weighted by Crippen LogP contribution is 2.53. The second-order valence-electron chi connectivity index (χ2n) is 6.12. The Morgan fingerprint density at radius 3 is 2.10 bits per heavy atom. The highest BCUT2D eigenvalue weighted by Gasteiger charge is 2.28. The number of phenols is 2. The van der Waals surface area contributed by atoms with E-state index in [1.54, 1.807) is 6.92 Å². The van der Waals surface area contributed by atoms with E-state index in [4.69, 9.17) is 0 Å². The lowest BCUT2D eigenvalue weighted by molar-refractivity contribution is 0.376. The number of azo groups is 1. The number of rotatable bonds is 4. The molecule has 0 fully saturated rings. The number of aryl methyl sites for hydroxylation is 1. The number of phenolic OH excluding ortho intramolecular Hbond substituents is 2. The molecule has 0 saturated carbocycles. The summed E-state index contributed by atoms with van der Waals surface area (Å²) in [5, 5.41) is 27.5.